The van der Waals surface area contributed by atoms with Crippen molar-refractivity contribution in [1.29, 1.82) is 0 Å². The second-order valence-corrected chi connectivity index (χ2v) is 19.5. The van der Waals surface area contributed by atoms with E-state index in [1.807, 2.05) is 75.7 Å². The number of aliphatic imine (C=N–C) groups is 2. The summed E-state index contributed by atoms with van der Waals surface area (Å²) < 4.78 is 33.1. The van der Waals surface area contributed by atoms with Crippen LogP contribution in [0.2, 0.25) is 0 Å². The van der Waals surface area contributed by atoms with Crippen molar-refractivity contribution in [2.45, 2.75) is 105 Å². The SMILES string of the molecule is C=C/C(=C\C)Oc1nc(O/C(=C/c2c(C)ccc3c2N=CC2(O3)c3c(C)ccc(C)c3C(C)(C)N2C)CC)nc(Oc2ccc3ccc4c(c3c2)N=CC2(O4)c3c(C)ccc(C)c3C(C)(C)N2C)n1. The topological polar surface area (TPSA) is 116 Å². The molecule has 1 aromatic heterocycles. The third-order valence-electron chi connectivity index (χ3n) is 14.8. The Morgan fingerprint density at radius 3 is 1.70 bits per heavy atom. The number of benzene rings is 5. The van der Waals surface area contributed by atoms with Crippen LogP contribution in [0.3, 0.4) is 0 Å². The number of ether oxygens (including phenoxy) is 5. The van der Waals surface area contributed by atoms with Crippen molar-refractivity contribution < 1.29 is 23.7 Å². The van der Waals surface area contributed by atoms with Crippen molar-refractivity contribution in [3.63, 3.8) is 0 Å². The van der Waals surface area contributed by atoms with Gasteiger partial charge in [-0.25, -0.2) is 0 Å². The highest BCUT2D eigenvalue weighted by atomic mass is 16.5. The fraction of sp³-hybridized carbons (Fsp3) is 0.316. The quantitative estimate of drug-likeness (QED) is 0.102. The number of allylic oxidation sites excluding steroid dienone is 3. The maximum absolute atomic E-state index is 7.09. The Hall–Kier alpha value is -7.15. The van der Waals surface area contributed by atoms with Gasteiger partial charge < -0.3 is 23.7 Å². The largest absolute Gasteiger partial charge is 0.461 e. The van der Waals surface area contributed by atoms with Gasteiger partial charge in [-0.1, -0.05) is 56.0 Å². The number of hydrogen-bond acceptors (Lipinski definition) is 12. The first-order chi connectivity index (χ1) is 32.9. The molecule has 4 aliphatic heterocycles. The average Bonchev–Trinajstić information content (AvgIpc) is 3.61. The third-order valence-corrected chi connectivity index (χ3v) is 14.8. The van der Waals surface area contributed by atoms with Crippen molar-refractivity contribution in [3.8, 4) is 35.3 Å². The van der Waals surface area contributed by atoms with E-state index >= 15 is 0 Å². The third kappa shape index (κ3) is 6.97. The molecular weight excluding hydrogens is 863 g/mol. The van der Waals surface area contributed by atoms with Gasteiger partial charge in [-0.2, -0.15) is 0 Å². The highest BCUT2D eigenvalue weighted by Gasteiger charge is 2.58. The average molecular weight is 922 g/mol. The molecule has 2 spiro atoms. The van der Waals surface area contributed by atoms with E-state index in [1.54, 1.807) is 12.2 Å². The van der Waals surface area contributed by atoms with Gasteiger partial charge >= 0.3 is 18.0 Å². The fourth-order valence-electron chi connectivity index (χ4n) is 10.9. The second-order valence-electron chi connectivity index (χ2n) is 19.5. The van der Waals surface area contributed by atoms with E-state index in [2.05, 4.69) is 131 Å². The molecule has 2 atom stereocenters. The molecule has 0 saturated carbocycles. The van der Waals surface area contributed by atoms with Gasteiger partial charge in [0.25, 0.3) is 0 Å². The first kappa shape index (κ1) is 45.6. The summed E-state index contributed by atoms with van der Waals surface area (Å²) in [5, 5.41) is 1.81. The van der Waals surface area contributed by atoms with Gasteiger partial charge in [0.2, 0.25) is 11.4 Å². The number of aromatic nitrogens is 3. The monoisotopic (exact) mass is 921 g/mol. The van der Waals surface area contributed by atoms with Crippen LogP contribution in [-0.2, 0) is 22.5 Å². The molecule has 0 bridgehead atoms. The van der Waals surface area contributed by atoms with Crippen LogP contribution < -0.4 is 23.7 Å². The minimum absolute atomic E-state index is 0.0167. The number of nitrogens with zero attached hydrogens (tertiary/aromatic N) is 7. The zero-order valence-electron chi connectivity index (χ0n) is 41.8. The summed E-state index contributed by atoms with van der Waals surface area (Å²) in [5.74, 6) is 2.85. The van der Waals surface area contributed by atoms with Crippen LogP contribution in [0.15, 0.2) is 107 Å². The Bertz CT molecular complexity index is 3290. The molecule has 12 nitrogen and oxygen atoms in total. The van der Waals surface area contributed by atoms with Gasteiger partial charge in [0, 0.05) is 39.6 Å². The number of aryl methyl sites for hydroxylation is 5. The second kappa shape index (κ2) is 16.2. The lowest BCUT2D eigenvalue weighted by atomic mass is 9.86. The molecule has 69 heavy (non-hydrogen) atoms. The van der Waals surface area contributed by atoms with Crippen LogP contribution in [0.4, 0.5) is 11.4 Å². The van der Waals surface area contributed by atoms with Crippen molar-refractivity contribution in [1.82, 2.24) is 24.8 Å². The Morgan fingerprint density at radius 2 is 1.13 bits per heavy atom. The van der Waals surface area contributed by atoms with Gasteiger partial charge in [-0.15, -0.1) is 15.0 Å². The van der Waals surface area contributed by atoms with Gasteiger partial charge in [0.1, 0.15) is 40.1 Å². The van der Waals surface area contributed by atoms with Gasteiger partial charge in [-0.3, -0.25) is 19.8 Å². The predicted octanol–water partition coefficient (Wildman–Crippen LogP) is 12.9. The Morgan fingerprint density at radius 1 is 0.638 bits per heavy atom. The molecular formula is C57H59N7O5. The van der Waals surface area contributed by atoms with E-state index in [-0.39, 0.29) is 29.1 Å². The van der Waals surface area contributed by atoms with Crippen LogP contribution in [0.1, 0.15) is 104 Å². The summed E-state index contributed by atoms with van der Waals surface area (Å²) in [6.07, 6.45) is 9.70. The Balaban J connectivity index is 0.981. The van der Waals surface area contributed by atoms with Crippen molar-refractivity contribution in [3.05, 3.63) is 153 Å². The molecule has 0 radical (unpaired) electrons. The summed E-state index contributed by atoms with van der Waals surface area (Å²) in [6, 6.07) is 22.5. The number of hydrogen-bond donors (Lipinski definition) is 0. The Labute approximate surface area is 404 Å². The maximum atomic E-state index is 7.09. The van der Waals surface area contributed by atoms with Crippen LogP contribution in [0.25, 0.3) is 16.8 Å². The fourth-order valence-corrected chi connectivity index (χ4v) is 10.9. The van der Waals surface area contributed by atoms with E-state index in [4.69, 9.17) is 33.7 Å². The maximum Gasteiger partial charge on any atom is 0.331 e. The molecule has 5 heterocycles. The molecule has 5 aromatic carbocycles. The standard InChI is InChI=1S/C57H59N7O5/c1-15-38(16-2)65-51-60-52(66-39(17-3)28-41-32(4)22-26-43-49(41)58-30-56(68-43)47-35(7)20-18-33(5)45(47)54(9,10)63(56)13)62-53(61-51)67-40-25-23-37-24-27-44-50(42(37)29-40)59-31-57(69-44)48-36(8)21-19-34(6)46(48)55(11,12)64(57)14/h15-16,18-31H,1,17H2,2-14H3/b38-16+,39-28+. The minimum atomic E-state index is -0.874. The van der Waals surface area contributed by atoms with Crippen LogP contribution >= 0.6 is 0 Å². The highest BCUT2D eigenvalue weighted by Crippen LogP contribution is 2.56. The summed E-state index contributed by atoms with van der Waals surface area (Å²) >= 11 is 0. The van der Waals surface area contributed by atoms with Crippen molar-refractivity contribution in [2.75, 3.05) is 14.1 Å². The van der Waals surface area contributed by atoms with E-state index in [1.165, 1.54) is 22.3 Å². The van der Waals surface area contributed by atoms with Crippen molar-refractivity contribution in [2.24, 2.45) is 9.98 Å². The first-order valence-corrected chi connectivity index (χ1v) is 23.5. The lowest BCUT2D eigenvalue weighted by molar-refractivity contribution is -0.0480. The van der Waals surface area contributed by atoms with E-state index in [9.17, 15) is 0 Å². The van der Waals surface area contributed by atoms with E-state index < -0.39 is 11.4 Å². The summed E-state index contributed by atoms with van der Waals surface area (Å²) in [7, 11) is 4.21. The molecule has 2 unspecified atom stereocenters. The van der Waals surface area contributed by atoms with Gasteiger partial charge in [-0.05, 0) is 170 Å². The molecule has 352 valence electrons. The molecule has 0 amide bonds. The lowest BCUT2D eigenvalue weighted by Crippen LogP contribution is -2.52. The highest BCUT2D eigenvalue weighted by molar-refractivity contribution is 5.99. The summed E-state index contributed by atoms with van der Waals surface area (Å²) in [4.78, 5) is 28.7. The zero-order chi connectivity index (χ0) is 48.9. The molecule has 10 rings (SSSR count). The molecule has 0 fully saturated rings. The lowest BCUT2D eigenvalue weighted by Gasteiger charge is -2.41. The van der Waals surface area contributed by atoms with Gasteiger partial charge in [0.15, 0.2) is 0 Å². The molecule has 0 saturated heterocycles. The zero-order valence-corrected chi connectivity index (χ0v) is 41.8. The Kier molecular flexibility index (Phi) is 10.7. The normalized spacial score (nSPS) is 20.9. The van der Waals surface area contributed by atoms with Crippen LogP contribution in [-0.4, -0.2) is 51.3 Å². The molecule has 4 aliphatic rings. The smallest absolute Gasteiger partial charge is 0.331 e. The predicted molar refractivity (Wildman–Crippen MR) is 273 cm³/mol. The van der Waals surface area contributed by atoms with Crippen LogP contribution in [0, 0.1) is 34.6 Å². The van der Waals surface area contributed by atoms with E-state index in [0.717, 1.165) is 44.2 Å². The van der Waals surface area contributed by atoms with Crippen LogP contribution in [0.5, 0.6) is 35.3 Å². The first-order valence-electron chi connectivity index (χ1n) is 23.5. The minimum Gasteiger partial charge on any atom is -0.461 e. The number of fused-ring (bicyclic) bond motifs is 8. The summed E-state index contributed by atoms with van der Waals surface area (Å²) in [5.41, 5.74) is 10.5. The van der Waals surface area contributed by atoms with E-state index in [0.29, 0.717) is 46.6 Å². The van der Waals surface area contributed by atoms with Gasteiger partial charge in [0.05, 0.1) is 12.4 Å². The molecule has 12 heteroatoms. The van der Waals surface area contributed by atoms with Crippen molar-refractivity contribution >= 4 is 40.7 Å². The molecule has 0 aliphatic carbocycles. The number of rotatable bonds is 9. The molecule has 6 aromatic rings. The molecule has 0 N–H and O–H groups in total. The summed E-state index contributed by atoms with van der Waals surface area (Å²) in [6.45, 7) is 27.3.